The van der Waals surface area contributed by atoms with E-state index in [1.165, 1.54) is 21.9 Å². The minimum atomic E-state index is 0.900. The molecule has 0 aliphatic heterocycles. The Morgan fingerprint density at radius 2 is 1.07 bits per heavy atom. The fourth-order valence-electron chi connectivity index (χ4n) is 6.80. The average molecular weight is 577 g/mol. The lowest BCUT2D eigenvalue weighted by Gasteiger charge is -2.27. The average Bonchev–Trinajstić information content (AvgIpc) is 3.65. The smallest absolute Gasteiger partial charge is 0.159 e. The van der Waals surface area contributed by atoms with Gasteiger partial charge < -0.3 is 13.9 Å². The third kappa shape index (κ3) is 4.05. The van der Waals surface area contributed by atoms with Gasteiger partial charge in [-0.05, 0) is 66.2 Å². The van der Waals surface area contributed by atoms with E-state index in [0.29, 0.717) is 0 Å². The van der Waals surface area contributed by atoms with Crippen LogP contribution in [0.5, 0.6) is 0 Å². The van der Waals surface area contributed by atoms with Gasteiger partial charge in [-0.2, -0.15) is 0 Å². The number of hydrogen-bond acceptors (Lipinski definition) is 2. The first-order chi connectivity index (χ1) is 22.3. The first-order valence-corrected chi connectivity index (χ1v) is 15.3. The molecule has 7 aromatic carbocycles. The van der Waals surface area contributed by atoms with Crippen LogP contribution in [-0.4, -0.2) is 4.57 Å². The molecule has 3 nitrogen and oxygen atoms in total. The number of fused-ring (bicyclic) bond motifs is 6. The van der Waals surface area contributed by atoms with Crippen LogP contribution >= 0.6 is 0 Å². The molecule has 212 valence electrons. The van der Waals surface area contributed by atoms with Crippen molar-refractivity contribution in [2.24, 2.45) is 0 Å². The number of rotatable bonds is 5. The van der Waals surface area contributed by atoms with Crippen molar-refractivity contribution in [2.75, 3.05) is 4.90 Å². The van der Waals surface area contributed by atoms with Gasteiger partial charge in [-0.15, -0.1) is 0 Å². The van der Waals surface area contributed by atoms with Crippen molar-refractivity contribution in [1.82, 2.24) is 4.57 Å². The van der Waals surface area contributed by atoms with Crippen LogP contribution in [0, 0.1) is 0 Å². The molecular formula is C42H28N2O. The van der Waals surface area contributed by atoms with Crippen LogP contribution in [0.4, 0.5) is 17.1 Å². The Labute approximate surface area is 260 Å². The normalized spacial score (nSPS) is 11.6. The number of para-hydroxylation sites is 6. The molecule has 2 aromatic heterocycles. The molecule has 0 saturated heterocycles. The van der Waals surface area contributed by atoms with Crippen molar-refractivity contribution in [3.8, 4) is 16.8 Å². The molecule has 9 aromatic rings. The van der Waals surface area contributed by atoms with Crippen molar-refractivity contribution < 1.29 is 4.42 Å². The largest absolute Gasteiger partial charge is 0.454 e. The molecule has 0 N–H and O–H groups in total. The van der Waals surface area contributed by atoms with Crippen molar-refractivity contribution >= 4 is 60.8 Å². The summed E-state index contributed by atoms with van der Waals surface area (Å²) in [6, 6.07) is 60.1. The summed E-state index contributed by atoms with van der Waals surface area (Å²) in [6.45, 7) is 0. The summed E-state index contributed by atoms with van der Waals surface area (Å²) in [4.78, 5) is 2.34. The zero-order valence-electron chi connectivity index (χ0n) is 24.5. The molecule has 0 amide bonds. The van der Waals surface area contributed by atoms with Crippen LogP contribution in [0.15, 0.2) is 174 Å². The number of aromatic nitrogens is 1. The molecule has 0 atom stereocenters. The van der Waals surface area contributed by atoms with E-state index in [9.17, 15) is 0 Å². The summed E-state index contributed by atoms with van der Waals surface area (Å²) in [5.74, 6) is 0. The molecule has 45 heavy (non-hydrogen) atoms. The third-order valence-electron chi connectivity index (χ3n) is 8.78. The van der Waals surface area contributed by atoms with Crippen LogP contribution in [-0.2, 0) is 0 Å². The van der Waals surface area contributed by atoms with Gasteiger partial charge in [0.15, 0.2) is 5.58 Å². The molecule has 0 aliphatic rings. The SMILES string of the molecule is c1ccc(N(c2ccccc2)c2ccccc2-c2ccc3c(c2)c2ccccc2n3-c2cccc3c2oc2ccccc23)cc1. The lowest BCUT2D eigenvalue weighted by atomic mass is 9.99. The third-order valence-corrected chi connectivity index (χ3v) is 8.78. The van der Waals surface area contributed by atoms with Crippen molar-refractivity contribution in [3.05, 3.63) is 170 Å². The second-order valence-corrected chi connectivity index (χ2v) is 11.4. The maximum atomic E-state index is 6.50. The van der Waals surface area contributed by atoms with Gasteiger partial charge in [-0.25, -0.2) is 0 Å². The number of furan rings is 1. The quantitative estimate of drug-likeness (QED) is 0.203. The van der Waals surface area contributed by atoms with Crippen molar-refractivity contribution in [1.29, 1.82) is 0 Å². The summed E-state index contributed by atoms with van der Waals surface area (Å²) in [5.41, 5.74) is 10.9. The highest BCUT2D eigenvalue weighted by molar-refractivity contribution is 6.13. The van der Waals surface area contributed by atoms with Crippen LogP contribution in [0.2, 0.25) is 0 Å². The van der Waals surface area contributed by atoms with Crippen LogP contribution in [0.25, 0.3) is 60.6 Å². The second kappa shape index (κ2) is 10.3. The van der Waals surface area contributed by atoms with Crippen molar-refractivity contribution in [2.45, 2.75) is 0 Å². The summed E-state index contributed by atoms with van der Waals surface area (Å²) in [6.07, 6.45) is 0. The predicted molar refractivity (Wildman–Crippen MR) is 188 cm³/mol. The minimum Gasteiger partial charge on any atom is -0.454 e. The van der Waals surface area contributed by atoms with E-state index in [0.717, 1.165) is 55.7 Å². The van der Waals surface area contributed by atoms with Gasteiger partial charge in [0.05, 0.1) is 22.4 Å². The molecule has 0 fully saturated rings. The van der Waals surface area contributed by atoms with Gasteiger partial charge in [0.25, 0.3) is 0 Å². The Balaban J connectivity index is 1.28. The molecule has 3 heteroatoms. The van der Waals surface area contributed by atoms with Crippen LogP contribution in [0.1, 0.15) is 0 Å². The summed E-state index contributed by atoms with van der Waals surface area (Å²) in [7, 11) is 0. The van der Waals surface area contributed by atoms with Gasteiger partial charge in [0.2, 0.25) is 0 Å². The van der Waals surface area contributed by atoms with E-state index < -0.39 is 0 Å². The fourth-order valence-corrected chi connectivity index (χ4v) is 6.80. The van der Waals surface area contributed by atoms with Crippen molar-refractivity contribution in [3.63, 3.8) is 0 Å². The number of nitrogens with zero attached hydrogens (tertiary/aromatic N) is 2. The lowest BCUT2D eigenvalue weighted by molar-refractivity contribution is 0.666. The van der Waals surface area contributed by atoms with E-state index in [1.807, 2.05) is 12.1 Å². The van der Waals surface area contributed by atoms with E-state index in [-0.39, 0.29) is 0 Å². The summed E-state index contributed by atoms with van der Waals surface area (Å²) in [5, 5.41) is 4.68. The second-order valence-electron chi connectivity index (χ2n) is 11.4. The number of benzene rings is 7. The Morgan fingerprint density at radius 1 is 0.444 bits per heavy atom. The minimum absolute atomic E-state index is 0.900. The molecule has 0 saturated carbocycles. The molecule has 0 aliphatic carbocycles. The summed E-state index contributed by atoms with van der Waals surface area (Å²) >= 11 is 0. The fraction of sp³-hybridized carbons (Fsp3) is 0. The molecule has 2 heterocycles. The van der Waals surface area contributed by atoms with Crippen LogP contribution < -0.4 is 4.90 Å². The Bertz CT molecular complexity index is 2450. The monoisotopic (exact) mass is 576 g/mol. The standard InChI is InChI=1S/C42H28N2O/c1-3-14-30(15-4-1)43(31-16-5-2-6-17-31)37-22-10-7-18-32(37)29-26-27-39-36(28-29)33-19-8-11-23-38(33)44(39)40-24-13-21-35-34-20-9-12-25-41(34)45-42(35)40/h1-28H. The first kappa shape index (κ1) is 25.4. The Kier molecular flexibility index (Phi) is 5.82. The number of hydrogen-bond donors (Lipinski definition) is 0. The van der Waals surface area contributed by atoms with Gasteiger partial charge >= 0.3 is 0 Å². The van der Waals surface area contributed by atoms with E-state index in [2.05, 4.69) is 167 Å². The maximum absolute atomic E-state index is 6.50. The van der Waals surface area contributed by atoms with E-state index in [1.54, 1.807) is 0 Å². The highest BCUT2D eigenvalue weighted by atomic mass is 16.3. The molecular weight excluding hydrogens is 548 g/mol. The van der Waals surface area contributed by atoms with Gasteiger partial charge in [-0.3, -0.25) is 0 Å². The number of anilines is 3. The Morgan fingerprint density at radius 3 is 1.87 bits per heavy atom. The van der Waals surface area contributed by atoms with Gasteiger partial charge in [0, 0.05) is 38.5 Å². The van der Waals surface area contributed by atoms with Crippen LogP contribution in [0.3, 0.4) is 0 Å². The Hall–Kier alpha value is -6.06. The predicted octanol–water partition coefficient (Wildman–Crippen LogP) is 11.8. The molecule has 0 bridgehead atoms. The van der Waals surface area contributed by atoms with E-state index >= 15 is 0 Å². The first-order valence-electron chi connectivity index (χ1n) is 15.3. The van der Waals surface area contributed by atoms with Gasteiger partial charge in [-0.1, -0.05) is 109 Å². The molecule has 9 rings (SSSR count). The lowest BCUT2D eigenvalue weighted by Crippen LogP contribution is -2.10. The van der Waals surface area contributed by atoms with E-state index in [4.69, 9.17) is 4.42 Å². The highest BCUT2D eigenvalue weighted by Gasteiger charge is 2.20. The molecule has 0 unspecified atom stereocenters. The highest BCUT2D eigenvalue weighted by Crippen LogP contribution is 2.43. The van der Waals surface area contributed by atoms with Gasteiger partial charge in [0.1, 0.15) is 5.58 Å². The molecule has 0 spiro atoms. The zero-order valence-corrected chi connectivity index (χ0v) is 24.5. The maximum Gasteiger partial charge on any atom is 0.159 e. The molecule has 0 radical (unpaired) electrons. The summed E-state index contributed by atoms with van der Waals surface area (Å²) < 4.78 is 8.85. The zero-order chi connectivity index (χ0) is 29.7. The topological polar surface area (TPSA) is 21.3 Å².